The van der Waals surface area contributed by atoms with Gasteiger partial charge in [-0.25, -0.2) is 13.2 Å². The first-order chi connectivity index (χ1) is 9.41. The zero-order valence-electron chi connectivity index (χ0n) is 10.3. The normalized spacial score (nSPS) is 10.4. The Morgan fingerprint density at radius 3 is 2.45 bits per heavy atom. The van der Waals surface area contributed by atoms with Crippen LogP contribution >= 0.6 is 11.6 Å². The maximum atomic E-state index is 13.7. The molecule has 0 aliphatic heterocycles. The van der Waals surface area contributed by atoms with Gasteiger partial charge in [0.1, 0.15) is 5.82 Å². The lowest BCUT2D eigenvalue weighted by Gasteiger charge is -2.09. The molecular formula is C14H9ClF3NO. The van der Waals surface area contributed by atoms with Gasteiger partial charge in [-0.2, -0.15) is 0 Å². The quantitative estimate of drug-likeness (QED) is 0.822. The van der Waals surface area contributed by atoms with Crippen LogP contribution in [0.1, 0.15) is 15.9 Å². The maximum absolute atomic E-state index is 13.7. The molecule has 1 N–H and O–H groups in total. The van der Waals surface area contributed by atoms with Gasteiger partial charge in [0.05, 0.1) is 11.3 Å². The molecule has 0 radical (unpaired) electrons. The molecule has 0 saturated carbocycles. The highest BCUT2D eigenvalue weighted by atomic mass is 35.5. The van der Waals surface area contributed by atoms with E-state index in [-0.39, 0.29) is 16.3 Å². The van der Waals surface area contributed by atoms with E-state index in [0.717, 1.165) is 12.1 Å². The highest BCUT2D eigenvalue weighted by molar-refractivity contribution is 6.31. The average Bonchev–Trinajstić information content (AvgIpc) is 2.43. The van der Waals surface area contributed by atoms with E-state index >= 15 is 0 Å². The number of anilines is 1. The fraction of sp³-hybridized carbons (Fsp3) is 0.0714. The predicted octanol–water partition coefficient (Wildman–Crippen LogP) is 4.32. The van der Waals surface area contributed by atoms with Crippen molar-refractivity contribution in [3.05, 3.63) is 63.9 Å². The second-order valence-electron chi connectivity index (χ2n) is 4.09. The van der Waals surface area contributed by atoms with Crippen LogP contribution in [0.2, 0.25) is 5.02 Å². The van der Waals surface area contributed by atoms with Gasteiger partial charge in [-0.1, -0.05) is 23.7 Å². The zero-order chi connectivity index (χ0) is 14.9. The zero-order valence-corrected chi connectivity index (χ0v) is 11.1. The number of hydrogen-bond acceptors (Lipinski definition) is 1. The van der Waals surface area contributed by atoms with Crippen LogP contribution in [-0.4, -0.2) is 5.91 Å². The summed E-state index contributed by atoms with van der Waals surface area (Å²) in [5.41, 5.74) is -0.804. The van der Waals surface area contributed by atoms with Crippen molar-refractivity contribution in [1.29, 1.82) is 0 Å². The lowest BCUT2D eigenvalue weighted by atomic mass is 10.1. The van der Waals surface area contributed by atoms with Gasteiger partial charge in [-0.05, 0) is 25.1 Å². The lowest BCUT2D eigenvalue weighted by Crippen LogP contribution is -2.16. The Bertz CT molecular complexity index is 688. The second kappa shape index (κ2) is 5.54. The molecule has 20 heavy (non-hydrogen) atoms. The Labute approximate surface area is 118 Å². The van der Waals surface area contributed by atoms with Gasteiger partial charge in [0, 0.05) is 10.6 Å². The topological polar surface area (TPSA) is 29.1 Å². The van der Waals surface area contributed by atoms with Crippen molar-refractivity contribution in [2.45, 2.75) is 6.92 Å². The molecule has 104 valence electrons. The summed E-state index contributed by atoms with van der Waals surface area (Å²) in [5.74, 6) is -4.18. The molecule has 2 nitrogen and oxygen atoms in total. The summed E-state index contributed by atoms with van der Waals surface area (Å²) >= 11 is 5.71. The van der Waals surface area contributed by atoms with Crippen molar-refractivity contribution < 1.29 is 18.0 Å². The Kier molecular flexibility index (Phi) is 3.99. The van der Waals surface area contributed by atoms with Crippen LogP contribution in [0, 0.1) is 24.4 Å². The third kappa shape index (κ3) is 2.63. The number of nitrogens with one attached hydrogen (secondary N) is 1. The number of halogens is 4. The van der Waals surface area contributed by atoms with Gasteiger partial charge >= 0.3 is 0 Å². The molecule has 0 fully saturated rings. The molecule has 0 atom stereocenters. The Morgan fingerprint density at radius 2 is 1.80 bits per heavy atom. The van der Waals surface area contributed by atoms with Crippen LogP contribution in [0.5, 0.6) is 0 Å². The van der Waals surface area contributed by atoms with Gasteiger partial charge in [-0.3, -0.25) is 4.79 Å². The SMILES string of the molecule is Cc1c(Cl)cc(C(=O)Nc2ccccc2F)c(F)c1F. The number of hydrogen-bond donors (Lipinski definition) is 1. The van der Waals surface area contributed by atoms with E-state index < -0.39 is 28.9 Å². The summed E-state index contributed by atoms with van der Waals surface area (Å²) in [4.78, 5) is 11.9. The molecule has 0 unspecified atom stereocenters. The smallest absolute Gasteiger partial charge is 0.258 e. The summed E-state index contributed by atoms with van der Waals surface area (Å²) in [6.45, 7) is 1.29. The largest absolute Gasteiger partial charge is 0.319 e. The highest BCUT2D eigenvalue weighted by Gasteiger charge is 2.20. The van der Waals surface area contributed by atoms with Crippen molar-refractivity contribution in [2.24, 2.45) is 0 Å². The van der Waals surface area contributed by atoms with Gasteiger partial charge in [0.15, 0.2) is 11.6 Å². The molecule has 2 aromatic carbocycles. The summed E-state index contributed by atoms with van der Waals surface area (Å²) in [6, 6.07) is 6.38. The van der Waals surface area contributed by atoms with Crippen LogP contribution in [-0.2, 0) is 0 Å². The Morgan fingerprint density at radius 1 is 1.15 bits per heavy atom. The number of carbonyl (C=O) groups is 1. The number of carbonyl (C=O) groups excluding carboxylic acids is 1. The van der Waals surface area contributed by atoms with Gasteiger partial charge in [0.25, 0.3) is 5.91 Å². The van der Waals surface area contributed by atoms with Crippen LogP contribution in [0.15, 0.2) is 30.3 Å². The first-order valence-corrected chi connectivity index (χ1v) is 5.99. The number of benzene rings is 2. The molecule has 2 aromatic rings. The maximum Gasteiger partial charge on any atom is 0.258 e. The van der Waals surface area contributed by atoms with E-state index in [1.807, 2.05) is 0 Å². The predicted molar refractivity (Wildman–Crippen MR) is 70.5 cm³/mol. The second-order valence-corrected chi connectivity index (χ2v) is 4.50. The molecule has 0 aromatic heterocycles. The van der Waals surface area contributed by atoms with Crippen molar-refractivity contribution >= 4 is 23.2 Å². The Balaban J connectivity index is 2.38. The molecular weight excluding hydrogens is 291 g/mol. The molecule has 0 saturated heterocycles. The molecule has 2 rings (SSSR count). The summed E-state index contributed by atoms with van der Waals surface area (Å²) in [5, 5.41) is 2.08. The molecule has 0 bridgehead atoms. The number of rotatable bonds is 2. The highest BCUT2D eigenvalue weighted by Crippen LogP contribution is 2.25. The third-order valence-corrected chi connectivity index (χ3v) is 3.15. The van der Waals surface area contributed by atoms with E-state index in [2.05, 4.69) is 5.32 Å². The van der Waals surface area contributed by atoms with Gasteiger partial charge < -0.3 is 5.32 Å². The fourth-order valence-corrected chi connectivity index (χ4v) is 1.80. The van der Waals surface area contributed by atoms with E-state index in [1.165, 1.54) is 25.1 Å². The summed E-state index contributed by atoms with van der Waals surface area (Å²) in [6.07, 6.45) is 0. The van der Waals surface area contributed by atoms with E-state index in [1.54, 1.807) is 0 Å². The van der Waals surface area contributed by atoms with Crippen molar-refractivity contribution in [3.8, 4) is 0 Å². The lowest BCUT2D eigenvalue weighted by molar-refractivity contribution is 0.102. The Hall–Kier alpha value is -2.01. The average molecular weight is 300 g/mol. The van der Waals surface area contributed by atoms with Gasteiger partial charge in [0.2, 0.25) is 0 Å². The van der Waals surface area contributed by atoms with Crippen LogP contribution in [0.4, 0.5) is 18.9 Å². The summed E-state index contributed by atoms with van der Waals surface area (Å²) < 4.78 is 40.6. The van der Waals surface area contributed by atoms with E-state index in [9.17, 15) is 18.0 Å². The molecule has 0 spiro atoms. The minimum absolute atomic E-state index is 0.0809. The van der Waals surface area contributed by atoms with Crippen molar-refractivity contribution in [3.63, 3.8) is 0 Å². The summed E-state index contributed by atoms with van der Waals surface area (Å²) in [7, 11) is 0. The molecule has 0 heterocycles. The molecule has 6 heteroatoms. The monoisotopic (exact) mass is 299 g/mol. The van der Waals surface area contributed by atoms with Crippen LogP contribution < -0.4 is 5.32 Å². The minimum Gasteiger partial charge on any atom is -0.319 e. The number of amides is 1. The van der Waals surface area contributed by atoms with Crippen molar-refractivity contribution in [1.82, 2.24) is 0 Å². The first kappa shape index (κ1) is 14.4. The fourth-order valence-electron chi connectivity index (χ4n) is 1.60. The number of para-hydroxylation sites is 1. The van der Waals surface area contributed by atoms with Crippen LogP contribution in [0.25, 0.3) is 0 Å². The molecule has 0 aliphatic carbocycles. The van der Waals surface area contributed by atoms with Crippen molar-refractivity contribution in [2.75, 3.05) is 5.32 Å². The van der Waals surface area contributed by atoms with E-state index in [0.29, 0.717) is 0 Å². The van der Waals surface area contributed by atoms with E-state index in [4.69, 9.17) is 11.6 Å². The van der Waals surface area contributed by atoms with Gasteiger partial charge in [-0.15, -0.1) is 0 Å². The molecule has 1 amide bonds. The minimum atomic E-state index is -1.32. The first-order valence-electron chi connectivity index (χ1n) is 5.61. The van der Waals surface area contributed by atoms with Crippen LogP contribution in [0.3, 0.4) is 0 Å². The third-order valence-electron chi connectivity index (χ3n) is 2.75. The standard InChI is InChI=1S/C14H9ClF3NO/c1-7-9(15)6-8(13(18)12(7)17)14(20)19-11-5-3-2-4-10(11)16/h2-6H,1H3,(H,19,20). The molecule has 0 aliphatic rings.